The second-order valence-electron chi connectivity index (χ2n) is 2.40. The monoisotopic (exact) mass is 242 g/mol. The van der Waals surface area contributed by atoms with E-state index in [1.165, 1.54) is 12.3 Å². The van der Waals surface area contributed by atoms with E-state index in [2.05, 4.69) is 27.5 Å². The molecule has 0 aliphatic rings. The average molecular weight is 243 g/mol. The smallest absolute Gasteiger partial charge is 0.258 e. The highest BCUT2D eigenvalue weighted by Crippen LogP contribution is 2.15. The zero-order valence-corrected chi connectivity index (χ0v) is 8.32. The maximum atomic E-state index is 10.3. The highest BCUT2D eigenvalue weighted by Gasteiger charge is 2.05. The molecule has 0 aliphatic carbocycles. The van der Waals surface area contributed by atoms with E-state index >= 15 is 0 Å². The average Bonchev–Trinajstić information content (AvgIpc) is 2.17. The predicted octanol–water partition coefficient (Wildman–Crippen LogP) is 2.40. The number of aromatic nitrogens is 1. The van der Waals surface area contributed by atoms with Crippen molar-refractivity contribution >= 4 is 27.2 Å². The Balaban J connectivity index is 2.93. The van der Waals surface area contributed by atoms with Crippen LogP contribution in [0.1, 0.15) is 5.69 Å². The molecule has 0 bridgehead atoms. The van der Waals surface area contributed by atoms with Gasteiger partial charge in [-0.3, -0.25) is 10.1 Å². The lowest BCUT2D eigenvalue weighted by atomic mass is 10.2. The summed E-state index contributed by atoms with van der Waals surface area (Å²) in [7, 11) is 0. The molecule has 5 heteroatoms. The van der Waals surface area contributed by atoms with Crippen LogP contribution in [0.3, 0.4) is 0 Å². The van der Waals surface area contributed by atoms with Crippen LogP contribution in [0.2, 0.25) is 0 Å². The minimum Gasteiger partial charge on any atom is -0.258 e. The topological polar surface area (TPSA) is 56.0 Å². The fourth-order valence-corrected chi connectivity index (χ4v) is 1.06. The molecule has 0 N–H and O–H groups in total. The van der Waals surface area contributed by atoms with Gasteiger partial charge in [0.15, 0.2) is 0 Å². The molecule has 4 nitrogen and oxygen atoms in total. The number of pyridine rings is 1. The van der Waals surface area contributed by atoms with E-state index in [0.29, 0.717) is 11.0 Å². The van der Waals surface area contributed by atoms with Crippen molar-refractivity contribution in [1.82, 2.24) is 4.98 Å². The third-order valence-electron chi connectivity index (χ3n) is 1.48. The molecule has 0 aliphatic heterocycles. The molecule has 1 heterocycles. The maximum Gasteiger partial charge on any atom is 0.287 e. The molecule has 1 rings (SSSR count). The molecule has 0 radical (unpaired) electrons. The molecule has 1 aromatic heterocycles. The Labute approximate surface area is 83.6 Å². The first kappa shape index (κ1) is 9.85. The second-order valence-corrected chi connectivity index (χ2v) is 2.96. The molecule has 0 unspecified atom stereocenters. The molecule has 1 aromatic rings. The number of halogens is 1. The van der Waals surface area contributed by atoms with E-state index in [1.54, 1.807) is 6.07 Å². The molecule has 0 saturated carbocycles. The Bertz CT molecular complexity index is 335. The van der Waals surface area contributed by atoms with Gasteiger partial charge in [0.25, 0.3) is 5.69 Å². The SMILES string of the molecule is C=C(CBr)c1ccc([N+](=O)[O-])cn1. The van der Waals surface area contributed by atoms with Crippen molar-refractivity contribution in [2.75, 3.05) is 5.33 Å². The van der Waals surface area contributed by atoms with Crippen molar-refractivity contribution in [1.29, 1.82) is 0 Å². The highest BCUT2D eigenvalue weighted by atomic mass is 79.9. The fourth-order valence-electron chi connectivity index (χ4n) is 0.772. The van der Waals surface area contributed by atoms with Crippen LogP contribution in [0.4, 0.5) is 5.69 Å². The van der Waals surface area contributed by atoms with Gasteiger partial charge in [0.2, 0.25) is 0 Å². The number of hydrogen-bond donors (Lipinski definition) is 0. The zero-order valence-electron chi connectivity index (χ0n) is 6.74. The molecule has 0 fully saturated rings. The summed E-state index contributed by atoms with van der Waals surface area (Å²) in [5.74, 6) is 0. The van der Waals surface area contributed by atoms with Gasteiger partial charge in [-0.25, -0.2) is 4.98 Å². The van der Waals surface area contributed by atoms with Crippen molar-refractivity contribution in [3.8, 4) is 0 Å². The van der Waals surface area contributed by atoms with Gasteiger partial charge in [-0.15, -0.1) is 0 Å². The third kappa shape index (κ3) is 2.35. The summed E-state index contributed by atoms with van der Waals surface area (Å²) in [4.78, 5) is 13.7. The summed E-state index contributed by atoms with van der Waals surface area (Å²) < 4.78 is 0. The lowest BCUT2D eigenvalue weighted by Gasteiger charge is -1.98. The molecule has 0 saturated heterocycles. The Morgan fingerprint density at radius 2 is 2.38 bits per heavy atom. The summed E-state index contributed by atoms with van der Waals surface area (Å²) in [5.41, 5.74) is 1.46. The van der Waals surface area contributed by atoms with E-state index in [-0.39, 0.29) is 5.69 Å². The van der Waals surface area contributed by atoms with E-state index < -0.39 is 4.92 Å². The van der Waals surface area contributed by atoms with E-state index in [9.17, 15) is 10.1 Å². The number of hydrogen-bond acceptors (Lipinski definition) is 3. The number of allylic oxidation sites excluding steroid dienone is 1. The van der Waals surface area contributed by atoms with Crippen molar-refractivity contribution in [2.24, 2.45) is 0 Å². The Morgan fingerprint density at radius 1 is 1.69 bits per heavy atom. The lowest BCUT2D eigenvalue weighted by Crippen LogP contribution is -1.92. The summed E-state index contributed by atoms with van der Waals surface area (Å²) >= 11 is 3.23. The van der Waals surface area contributed by atoms with Gasteiger partial charge in [-0.05, 0) is 11.6 Å². The van der Waals surface area contributed by atoms with Gasteiger partial charge < -0.3 is 0 Å². The van der Waals surface area contributed by atoms with E-state index in [4.69, 9.17) is 0 Å². The molecule has 68 valence electrons. The molecule has 0 aromatic carbocycles. The molecule has 0 atom stereocenters. The van der Waals surface area contributed by atoms with Gasteiger partial charge in [-0.2, -0.15) is 0 Å². The Hall–Kier alpha value is -1.23. The van der Waals surface area contributed by atoms with Gasteiger partial charge in [0.1, 0.15) is 6.20 Å². The lowest BCUT2D eigenvalue weighted by molar-refractivity contribution is -0.385. The van der Waals surface area contributed by atoms with Crippen LogP contribution in [0, 0.1) is 10.1 Å². The van der Waals surface area contributed by atoms with E-state index in [1.807, 2.05) is 0 Å². The van der Waals surface area contributed by atoms with Gasteiger partial charge in [-0.1, -0.05) is 22.5 Å². The van der Waals surface area contributed by atoms with Gasteiger partial charge in [0.05, 0.1) is 10.6 Å². The number of rotatable bonds is 3. The Kier molecular flexibility index (Phi) is 3.13. The molecular weight excluding hydrogens is 236 g/mol. The van der Waals surface area contributed by atoms with Crippen molar-refractivity contribution in [3.63, 3.8) is 0 Å². The highest BCUT2D eigenvalue weighted by molar-refractivity contribution is 9.09. The summed E-state index contributed by atoms with van der Waals surface area (Å²) in [6.45, 7) is 3.74. The number of nitro groups is 1. The predicted molar refractivity (Wildman–Crippen MR) is 53.7 cm³/mol. The molecule has 0 amide bonds. The van der Waals surface area contributed by atoms with Crippen molar-refractivity contribution < 1.29 is 4.92 Å². The zero-order chi connectivity index (χ0) is 9.84. The first-order chi connectivity index (χ1) is 6.15. The van der Waals surface area contributed by atoms with Crippen LogP contribution in [0.5, 0.6) is 0 Å². The van der Waals surface area contributed by atoms with Gasteiger partial charge >= 0.3 is 0 Å². The van der Waals surface area contributed by atoms with Crippen molar-refractivity contribution in [2.45, 2.75) is 0 Å². The third-order valence-corrected chi connectivity index (χ3v) is 2.16. The number of nitrogens with zero attached hydrogens (tertiary/aromatic N) is 2. The first-order valence-electron chi connectivity index (χ1n) is 3.49. The van der Waals surface area contributed by atoms with Crippen LogP contribution in [0.25, 0.3) is 5.57 Å². The number of alkyl halides is 1. The van der Waals surface area contributed by atoms with Gasteiger partial charge in [0, 0.05) is 11.4 Å². The molecule has 13 heavy (non-hydrogen) atoms. The fraction of sp³-hybridized carbons (Fsp3) is 0.125. The van der Waals surface area contributed by atoms with E-state index in [0.717, 1.165) is 5.57 Å². The largest absolute Gasteiger partial charge is 0.287 e. The normalized spacial score (nSPS) is 9.62. The standard InChI is InChI=1S/C8H7BrN2O2/c1-6(4-9)8-3-2-7(5-10-8)11(12)13/h2-3,5H,1,4H2. The first-order valence-corrected chi connectivity index (χ1v) is 4.62. The van der Waals surface area contributed by atoms with Crippen molar-refractivity contribution in [3.05, 3.63) is 40.7 Å². The van der Waals surface area contributed by atoms with Crippen LogP contribution in [-0.4, -0.2) is 15.2 Å². The minimum absolute atomic E-state index is 0.00822. The summed E-state index contributed by atoms with van der Waals surface area (Å²) in [5, 5.41) is 10.9. The van der Waals surface area contributed by atoms with Crippen LogP contribution >= 0.6 is 15.9 Å². The van der Waals surface area contributed by atoms with Crippen LogP contribution in [0.15, 0.2) is 24.9 Å². The minimum atomic E-state index is -0.478. The van der Waals surface area contributed by atoms with Crippen LogP contribution in [-0.2, 0) is 0 Å². The Morgan fingerprint density at radius 3 is 2.77 bits per heavy atom. The maximum absolute atomic E-state index is 10.3. The van der Waals surface area contributed by atoms with Crippen LogP contribution < -0.4 is 0 Å². The second kappa shape index (κ2) is 4.13. The molecular formula is C8H7BrN2O2. The quantitative estimate of drug-likeness (QED) is 0.465. The molecule has 0 spiro atoms. The summed E-state index contributed by atoms with van der Waals surface area (Å²) in [6.07, 6.45) is 1.23. The summed E-state index contributed by atoms with van der Waals surface area (Å²) in [6, 6.07) is 3.00.